The number of benzene rings is 2. The van der Waals surface area contributed by atoms with Gasteiger partial charge in [0, 0.05) is 13.4 Å². The Balaban J connectivity index is 2.03. The van der Waals surface area contributed by atoms with Gasteiger partial charge in [-0.15, -0.1) is 0 Å². The van der Waals surface area contributed by atoms with Crippen LogP contribution in [0.5, 0.6) is 0 Å². The predicted octanol–water partition coefficient (Wildman–Crippen LogP) is 4.85. The highest BCUT2D eigenvalue weighted by Crippen LogP contribution is 2.37. The first kappa shape index (κ1) is 15.1. The van der Waals surface area contributed by atoms with Crippen LogP contribution in [0.2, 0.25) is 0 Å². The second-order valence-electron chi connectivity index (χ2n) is 4.71. The van der Waals surface area contributed by atoms with Gasteiger partial charge in [0.1, 0.15) is 0 Å². The third-order valence-corrected chi connectivity index (χ3v) is 5.98. The molecular formula is C15H12Br3N3. The van der Waals surface area contributed by atoms with Gasteiger partial charge in [-0.25, -0.2) is 0 Å². The van der Waals surface area contributed by atoms with Crippen molar-refractivity contribution in [3.8, 4) is 0 Å². The monoisotopic (exact) mass is 471 g/mol. The van der Waals surface area contributed by atoms with E-state index in [4.69, 9.17) is 5.73 Å². The zero-order valence-corrected chi connectivity index (χ0v) is 15.7. The minimum atomic E-state index is 0.105. The van der Waals surface area contributed by atoms with Crippen LogP contribution >= 0.6 is 47.8 Å². The van der Waals surface area contributed by atoms with Gasteiger partial charge in [-0.3, -0.25) is 4.99 Å². The maximum absolute atomic E-state index is 6.11. The summed E-state index contributed by atoms with van der Waals surface area (Å²) in [6, 6.07) is 14.4. The molecule has 0 aromatic heterocycles. The Morgan fingerprint density at radius 2 is 1.76 bits per heavy atom. The molecule has 0 radical (unpaired) electrons. The number of hydrogen-bond donors (Lipinski definition) is 1. The molecule has 6 heteroatoms. The molecule has 0 amide bonds. The van der Waals surface area contributed by atoms with E-state index in [9.17, 15) is 0 Å². The highest BCUT2D eigenvalue weighted by Gasteiger charge is 2.30. The molecule has 3 rings (SSSR count). The van der Waals surface area contributed by atoms with Crippen molar-refractivity contribution in [2.45, 2.75) is 6.04 Å². The summed E-state index contributed by atoms with van der Waals surface area (Å²) >= 11 is 10.6. The SMILES string of the molecule is NC1=NCC(c2ccc(Br)c(Br)c2)N1c1ccccc1Br. The summed E-state index contributed by atoms with van der Waals surface area (Å²) in [5.74, 6) is 0.547. The molecule has 2 aromatic rings. The minimum absolute atomic E-state index is 0.105. The summed E-state index contributed by atoms with van der Waals surface area (Å²) in [6.07, 6.45) is 0. The number of nitrogens with two attached hydrogens (primary N) is 1. The fourth-order valence-corrected chi connectivity index (χ4v) is 3.53. The average Bonchev–Trinajstić information content (AvgIpc) is 2.84. The molecule has 1 heterocycles. The van der Waals surface area contributed by atoms with Crippen LogP contribution in [0, 0.1) is 0 Å². The van der Waals surface area contributed by atoms with E-state index in [1.54, 1.807) is 0 Å². The number of anilines is 1. The Kier molecular flexibility index (Phi) is 4.38. The molecule has 0 saturated carbocycles. The quantitative estimate of drug-likeness (QED) is 0.677. The maximum Gasteiger partial charge on any atom is 0.196 e. The van der Waals surface area contributed by atoms with Gasteiger partial charge in [0.15, 0.2) is 5.96 Å². The second kappa shape index (κ2) is 6.10. The lowest BCUT2D eigenvalue weighted by molar-refractivity contribution is 0.767. The molecule has 1 aliphatic rings. The molecule has 2 N–H and O–H groups in total. The molecule has 108 valence electrons. The second-order valence-corrected chi connectivity index (χ2v) is 7.27. The van der Waals surface area contributed by atoms with E-state index in [0.29, 0.717) is 12.5 Å². The topological polar surface area (TPSA) is 41.6 Å². The third kappa shape index (κ3) is 2.89. The highest BCUT2D eigenvalue weighted by molar-refractivity contribution is 9.13. The predicted molar refractivity (Wildman–Crippen MR) is 97.7 cm³/mol. The van der Waals surface area contributed by atoms with Gasteiger partial charge in [-0.05, 0) is 77.6 Å². The highest BCUT2D eigenvalue weighted by atomic mass is 79.9. The summed E-state index contributed by atoms with van der Waals surface area (Å²) in [6.45, 7) is 0.654. The number of nitrogens with zero attached hydrogens (tertiary/aromatic N) is 2. The van der Waals surface area contributed by atoms with Crippen molar-refractivity contribution in [2.75, 3.05) is 11.4 Å². The van der Waals surface area contributed by atoms with Crippen molar-refractivity contribution in [1.82, 2.24) is 0 Å². The molecule has 1 unspecified atom stereocenters. The van der Waals surface area contributed by atoms with Gasteiger partial charge in [0.2, 0.25) is 0 Å². The molecule has 2 aromatic carbocycles. The molecule has 3 nitrogen and oxygen atoms in total. The van der Waals surface area contributed by atoms with Crippen LogP contribution in [-0.4, -0.2) is 12.5 Å². The van der Waals surface area contributed by atoms with Crippen molar-refractivity contribution in [2.24, 2.45) is 10.7 Å². The molecule has 0 spiro atoms. The standard InChI is InChI=1S/C15H12Br3N3/c16-10-6-5-9(7-12(10)18)14-8-20-15(19)21(14)13-4-2-1-3-11(13)17/h1-7,14H,8H2,(H2,19,20). The number of rotatable bonds is 2. The number of halogens is 3. The van der Waals surface area contributed by atoms with E-state index in [0.717, 1.165) is 19.1 Å². The lowest BCUT2D eigenvalue weighted by Crippen LogP contribution is -2.36. The summed E-state index contributed by atoms with van der Waals surface area (Å²) in [5.41, 5.74) is 8.31. The Morgan fingerprint density at radius 3 is 2.48 bits per heavy atom. The van der Waals surface area contributed by atoms with Crippen LogP contribution in [0.1, 0.15) is 11.6 Å². The number of hydrogen-bond acceptors (Lipinski definition) is 3. The summed E-state index contributed by atoms with van der Waals surface area (Å²) in [4.78, 5) is 6.49. The van der Waals surface area contributed by atoms with E-state index in [1.165, 1.54) is 5.56 Å². The summed E-state index contributed by atoms with van der Waals surface area (Å²) in [5, 5.41) is 0. The maximum atomic E-state index is 6.11. The fraction of sp³-hybridized carbons (Fsp3) is 0.133. The lowest BCUT2D eigenvalue weighted by atomic mass is 10.1. The Bertz CT molecular complexity index is 715. The van der Waals surface area contributed by atoms with Crippen LogP contribution in [0.25, 0.3) is 0 Å². The van der Waals surface area contributed by atoms with E-state index < -0.39 is 0 Å². The number of aliphatic imine (C=N–C) groups is 1. The van der Waals surface area contributed by atoms with E-state index >= 15 is 0 Å². The molecule has 21 heavy (non-hydrogen) atoms. The van der Waals surface area contributed by atoms with Crippen LogP contribution < -0.4 is 10.6 Å². The van der Waals surface area contributed by atoms with Crippen molar-refractivity contribution in [3.05, 3.63) is 61.4 Å². The van der Waals surface area contributed by atoms with Gasteiger partial charge in [0.25, 0.3) is 0 Å². The Labute approximate surface area is 148 Å². The minimum Gasteiger partial charge on any atom is -0.369 e. The molecule has 1 atom stereocenters. The van der Waals surface area contributed by atoms with Gasteiger partial charge in [0.05, 0.1) is 18.3 Å². The summed E-state index contributed by atoms with van der Waals surface area (Å²) < 4.78 is 3.06. The van der Waals surface area contributed by atoms with Crippen molar-refractivity contribution in [1.29, 1.82) is 0 Å². The average molecular weight is 474 g/mol. The van der Waals surface area contributed by atoms with Gasteiger partial charge in [-0.2, -0.15) is 0 Å². The van der Waals surface area contributed by atoms with E-state index in [-0.39, 0.29) is 6.04 Å². The number of guanidine groups is 1. The fourth-order valence-electron chi connectivity index (χ4n) is 2.41. The Morgan fingerprint density at radius 1 is 1.00 bits per heavy atom. The normalized spacial score (nSPS) is 18.0. The van der Waals surface area contributed by atoms with Crippen molar-refractivity contribution in [3.63, 3.8) is 0 Å². The third-order valence-electron chi connectivity index (χ3n) is 3.43. The zero-order chi connectivity index (χ0) is 15.0. The first-order valence-electron chi connectivity index (χ1n) is 6.36. The van der Waals surface area contributed by atoms with Crippen LogP contribution in [0.4, 0.5) is 5.69 Å². The number of para-hydroxylation sites is 1. The first-order chi connectivity index (χ1) is 10.1. The van der Waals surface area contributed by atoms with Crippen molar-refractivity contribution < 1.29 is 0 Å². The molecule has 0 fully saturated rings. The van der Waals surface area contributed by atoms with Crippen LogP contribution in [0.3, 0.4) is 0 Å². The van der Waals surface area contributed by atoms with Crippen molar-refractivity contribution >= 4 is 59.4 Å². The lowest BCUT2D eigenvalue weighted by Gasteiger charge is -2.27. The smallest absolute Gasteiger partial charge is 0.196 e. The molecular weight excluding hydrogens is 462 g/mol. The largest absolute Gasteiger partial charge is 0.369 e. The molecule has 0 bridgehead atoms. The molecule has 1 aliphatic heterocycles. The summed E-state index contributed by atoms with van der Waals surface area (Å²) in [7, 11) is 0. The first-order valence-corrected chi connectivity index (χ1v) is 8.74. The van der Waals surface area contributed by atoms with E-state index in [2.05, 4.69) is 69.8 Å². The Hall–Kier alpha value is -0.850. The van der Waals surface area contributed by atoms with Gasteiger partial charge < -0.3 is 10.6 Å². The van der Waals surface area contributed by atoms with Gasteiger partial charge >= 0.3 is 0 Å². The zero-order valence-electron chi connectivity index (χ0n) is 10.9. The van der Waals surface area contributed by atoms with Crippen LogP contribution in [-0.2, 0) is 0 Å². The van der Waals surface area contributed by atoms with Crippen LogP contribution in [0.15, 0.2) is 60.9 Å². The van der Waals surface area contributed by atoms with E-state index in [1.807, 2.05) is 30.3 Å². The molecule has 0 saturated heterocycles. The molecule has 0 aliphatic carbocycles. The van der Waals surface area contributed by atoms with Gasteiger partial charge in [-0.1, -0.05) is 18.2 Å².